The smallest absolute Gasteiger partial charge is 0.341 e. The van der Waals surface area contributed by atoms with E-state index in [2.05, 4.69) is 4.74 Å². The van der Waals surface area contributed by atoms with Crippen LogP contribution in [0.2, 0.25) is 0 Å². The quantitative estimate of drug-likeness (QED) is 0.717. The zero-order chi connectivity index (χ0) is 11.4. The predicted octanol–water partition coefficient (Wildman–Crippen LogP) is 0.646. The fourth-order valence-corrected chi connectivity index (χ4v) is 1.22. The highest BCUT2D eigenvalue weighted by atomic mass is 16.5. The fourth-order valence-electron chi connectivity index (χ4n) is 1.22. The number of hydrogen-bond acceptors (Lipinski definition) is 5. The van der Waals surface area contributed by atoms with Crippen molar-refractivity contribution in [3.8, 4) is 11.5 Å². The van der Waals surface area contributed by atoms with E-state index in [-0.39, 0.29) is 23.6 Å². The average Bonchev–Trinajstić information content (AvgIpc) is 2.27. The Hall–Kier alpha value is -1.75. The van der Waals surface area contributed by atoms with Gasteiger partial charge in [-0.25, -0.2) is 4.79 Å². The number of carbonyl (C=O) groups is 1. The molecule has 0 unspecified atom stereocenters. The summed E-state index contributed by atoms with van der Waals surface area (Å²) < 4.78 is 9.52. The Bertz CT molecular complexity index is 376. The Morgan fingerprint density at radius 1 is 1.47 bits per heavy atom. The molecule has 0 radical (unpaired) electrons. The van der Waals surface area contributed by atoms with Crippen molar-refractivity contribution < 1.29 is 19.4 Å². The molecule has 0 aliphatic carbocycles. The number of esters is 1. The Labute approximate surface area is 87.4 Å². The number of nitrogens with two attached hydrogens (primary N) is 1. The average molecular weight is 211 g/mol. The van der Waals surface area contributed by atoms with Gasteiger partial charge in [0.2, 0.25) is 0 Å². The lowest BCUT2D eigenvalue weighted by Gasteiger charge is -2.10. The summed E-state index contributed by atoms with van der Waals surface area (Å²) in [6.45, 7) is 0.139. The van der Waals surface area contributed by atoms with Gasteiger partial charge in [0, 0.05) is 18.2 Å². The Morgan fingerprint density at radius 3 is 2.60 bits per heavy atom. The first-order valence-electron chi connectivity index (χ1n) is 4.32. The molecule has 1 aromatic rings. The van der Waals surface area contributed by atoms with Crippen LogP contribution < -0.4 is 10.5 Å². The van der Waals surface area contributed by atoms with Crippen molar-refractivity contribution in [1.82, 2.24) is 0 Å². The van der Waals surface area contributed by atoms with Crippen molar-refractivity contribution in [3.63, 3.8) is 0 Å². The molecule has 0 aromatic heterocycles. The topological polar surface area (TPSA) is 81.8 Å². The van der Waals surface area contributed by atoms with E-state index >= 15 is 0 Å². The molecule has 0 amide bonds. The van der Waals surface area contributed by atoms with Crippen LogP contribution in [-0.2, 0) is 11.3 Å². The van der Waals surface area contributed by atoms with E-state index in [0.717, 1.165) is 0 Å². The van der Waals surface area contributed by atoms with E-state index < -0.39 is 5.97 Å². The van der Waals surface area contributed by atoms with Crippen molar-refractivity contribution in [2.45, 2.75) is 6.54 Å². The summed E-state index contributed by atoms with van der Waals surface area (Å²) in [5.41, 5.74) is 6.12. The molecule has 0 spiro atoms. The third-order valence-corrected chi connectivity index (χ3v) is 2.03. The lowest BCUT2D eigenvalue weighted by atomic mass is 10.1. The van der Waals surface area contributed by atoms with Gasteiger partial charge in [0.1, 0.15) is 17.1 Å². The van der Waals surface area contributed by atoms with Gasteiger partial charge in [-0.15, -0.1) is 0 Å². The van der Waals surface area contributed by atoms with Gasteiger partial charge >= 0.3 is 5.97 Å². The summed E-state index contributed by atoms with van der Waals surface area (Å²) in [6, 6.07) is 2.80. The maximum absolute atomic E-state index is 11.3. The fraction of sp³-hybridized carbons (Fsp3) is 0.300. The van der Waals surface area contributed by atoms with E-state index in [4.69, 9.17) is 10.5 Å². The van der Waals surface area contributed by atoms with Gasteiger partial charge < -0.3 is 20.3 Å². The van der Waals surface area contributed by atoms with Gasteiger partial charge in [0.25, 0.3) is 0 Å². The second kappa shape index (κ2) is 4.65. The van der Waals surface area contributed by atoms with Crippen LogP contribution in [0, 0.1) is 0 Å². The summed E-state index contributed by atoms with van der Waals surface area (Å²) in [7, 11) is 2.68. The molecular formula is C10H13NO4. The molecule has 5 nitrogen and oxygen atoms in total. The van der Waals surface area contributed by atoms with Gasteiger partial charge in [0.05, 0.1) is 14.2 Å². The summed E-state index contributed by atoms with van der Waals surface area (Å²) >= 11 is 0. The monoisotopic (exact) mass is 211 g/mol. The molecule has 1 aromatic carbocycles. The Balaban J connectivity index is 3.28. The molecular weight excluding hydrogens is 198 g/mol. The number of methoxy groups -OCH3 is 2. The maximum Gasteiger partial charge on any atom is 0.341 e. The largest absolute Gasteiger partial charge is 0.507 e. The molecule has 5 heteroatoms. The molecule has 0 saturated heterocycles. The summed E-state index contributed by atoms with van der Waals surface area (Å²) in [5.74, 6) is -0.264. The Kier molecular flexibility index (Phi) is 3.51. The van der Waals surface area contributed by atoms with Crippen molar-refractivity contribution in [1.29, 1.82) is 0 Å². The zero-order valence-electron chi connectivity index (χ0n) is 8.61. The van der Waals surface area contributed by atoms with Crippen LogP contribution in [0.3, 0.4) is 0 Å². The molecule has 3 N–H and O–H groups in total. The standard InChI is InChI=1S/C10H13NO4/c1-14-9-4-8(12)6(5-11)3-7(9)10(13)15-2/h3-4,12H,5,11H2,1-2H3. The number of rotatable bonds is 3. The third kappa shape index (κ3) is 2.19. The summed E-state index contributed by atoms with van der Waals surface area (Å²) in [5, 5.41) is 9.49. The van der Waals surface area contributed by atoms with Gasteiger partial charge in [-0.2, -0.15) is 0 Å². The number of phenolic OH excluding ortho intramolecular Hbond substituents is 1. The molecule has 0 heterocycles. The second-order valence-corrected chi connectivity index (χ2v) is 2.88. The predicted molar refractivity (Wildman–Crippen MR) is 53.9 cm³/mol. The van der Waals surface area contributed by atoms with E-state index in [1.165, 1.54) is 26.4 Å². The SMILES string of the molecule is COC(=O)c1cc(CN)c(O)cc1OC. The third-order valence-electron chi connectivity index (χ3n) is 2.03. The minimum absolute atomic E-state index is 0.00185. The number of ether oxygens (including phenoxy) is 2. The first-order chi connectivity index (χ1) is 7.13. The van der Waals surface area contributed by atoms with Crippen LogP contribution >= 0.6 is 0 Å². The van der Waals surface area contributed by atoms with Gasteiger partial charge in [-0.3, -0.25) is 0 Å². The lowest BCUT2D eigenvalue weighted by molar-refractivity contribution is 0.0597. The molecule has 1 rings (SSSR count). The minimum Gasteiger partial charge on any atom is -0.507 e. The van der Waals surface area contributed by atoms with Crippen LogP contribution in [0.5, 0.6) is 11.5 Å². The van der Waals surface area contributed by atoms with Crippen LogP contribution in [0.4, 0.5) is 0 Å². The van der Waals surface area contributed by atoms with Crippen molar-refractivity contribution in [2.75, 3.05) is 14.2 Å². The second-order valence-electron chi connectivity index (χ2n) is 2.88. The summed E-state index contributed by atoms with van der Waals surface area (Å²) in [4.78, 5) is 11.3. The summed E-state index contributed by atoms with van der Waals surface area (Å²) in [6.07, 6.45) is 0. The molecule has 0 bridgehead atoms. The van der Waals surface area contributed by atoms with E-state index in [1.807, 2.05) is 0 Å². The highest BCUT2D eigenvalue weighted by molar-refractivity contribution is 5.93. The lowest BCUT2D eigenvalue weighted by Crippen LogP contribution is -2.06. The van der Waals surface area contributed by atoms with Crippen LogP contribution in [0.25, 0.3) is 0 Å². The molecule has 0 aliphatic heterocycles. The van der Waals surface area contributed by atoms with Gasteiger partial charge in [-0.05, 0) is 6.07 Å². The van der Waals surface area contributed by atoms with E-state index in [9.17, 15) is 9.90 Å². The van der Waals surface area contributed by atoms with Crippen molar-refractivity contribution in [2.24, 2.45) is 5.73 Å². The molecule has 82 valence electrons. The first kappa shape index (κ1) is 11.3. The molecule has 0 fully saturated rings. The normalized spacial score (nSPS) is 9.80. The molecule has 0 atom stereocenters. The van der Waals surface area contributed by atoms with E-state index in [0.29, 0.717) is 5.56 Å². The van der Waals surface area contributed by atoms with Crippen LogP contribution in [0.1, 0.15) is 15.9 Å². The Morgan fingerprint density at radius 2 is 2.13 bits per heavy atom. The number of aromatic hydroxyl groups is 1. The molecule has 0 aliphatic rings. The number of benzene rings is 1. The maximum atomic E-state index is 11.3. The highest BCUT2D eigenvalue weighted by Crippen LogP contribution is 2.28. The first-order valence-corrected chi connectivity index (χ1v) is 4.32. The minimum atomic E-state index is -0.526. The zero-order valence-corrected chi connectivity index (χ0v) is 8.61. The van der Waals surface area contributed by atoms with Crippen molar-refractivity contribution >= 4 is 5.97 Å². The van der Waals surface area contributed by atoms with Crippen LogP contribution in [-0.4, -0.2) is 25.3 Å². The number of carbonyl (C=O) groups excluding carboxylic acids is 1. The molecule has 0 saturated carbocycles. The van der Waals surface area contributed by atoms with Crippen molar-refractivity contribution in [3.05, 3.63) is 23.3 Å². The van der Waals surface area contributed by atoms with Gasteiger partial charge in [-0.1, -0.05) is 0 Å². The number of phenols is 1. The van der Waals surface area contributed by atoms with Gasteiger partial charge in [0.15, 0.2) is 0 Å². The highest BCUT2D eigenvalue weighted by Gasteiger charge is 2.15. The van der Waals surface area contributed by atoms with E-state index in [1.54, 1.807) is 0 Å². The van der Waals surface area contributed by atoms with Crippen LogP contribution in [0.15, 0.2) is 12.1 Å². The molecule has 15 heavy (non-hydrogen) atoms. The number of hydrogen-bond donors (Lipinski definition) is 2.